The minimum absolute atomic E-state index is 0.904. The predicted octanol–water partition coefficient (Wildman–Crippen LogP) is 4.04. The summed E-state index contributed by atoms with van der Waals surface area (Å²) < 4.78 is 0. The highest BCUT2D eigenvalue weighted by molar-refractivity contribution is 5.22. The SMILES string of the molecule is C=C/C=C(\C=C)CN1CCC(C)CC1.C=CC.CNC. The highest BCUT2D eigenvalue weighted by Crippen LogP contribution is 2.16. The van der Waals surface area contributed by atoms with Crippen LogP contribution >= 0.6 is 0 Å². The van der Waals surface area contributed by atoms with E-state index in [0.717, 1.165) is 12.5 Å². The van der Waals surface area contributed by atoms with Crippen molar-refractivity contribution in [3.8, 4) is 0 Å². The lowest BCUT2D eigenvalue weighted by molar-refractivity contribution is 0.207. The van der Waals surface area contributed by atoms with Gasteiger partial charge in [-0.25, -0.2) is 0 Å². The van der Waals surface area contributed by atoms with Crippen molar-refractivity contribution < 1.29 is 0 Å². The van der Waals surface area contributed by atoms with E-state index in [0.29, 0.717) is 0 Å². The molecule has 0 saturated carbocycles. The van der Waals surface area contributed by atoms with Crippen LogP contribution in [0, 0.1) is 5.92 Å². The van der Waals surface area contributed by atoms with Crippen LogP contribution in [0.4, 0.5) is 0 Å². The summed E-state index contributed by atoms with van der Waals surface area (Å²) in [4.78, 5) is 2.50. The zero-order valence-electron chi connectivity index (χ0n) is 14.0. The molecule has 1 aliphatic rings. The Morgan fingerprint density at radius 3 is 2.00 bits per heavy atom. The molecule has 0 atom stereocenters. The van der Waals surface area contributed by atoms with E-state index in [4.69, 9.17) is 0 Å². The Bertz CT molecular complexity index is 271. The number of rotatable bonds is 4. The van der Waals surface area contributed by atoms with Gasteiger partial charge in [-0.05, 0) is 58.4 Å². The summed E-state index contributed by atoms with van der Waals surface area (Å²) in [6.45, 7) is 18.6. The lowest BCUT2D eigenvalue weighted by Crippen LogP contribution is -2.34. The minimum atomic E-state index is 0.904. The van der Waals surface area contributed by atoms with E-state index in [1.807, 2.05) is 39.2 Å². The van der Waals surface area contributed by atoms with Gasteiger partial charge >= 0.3 is 0 Å². The molecular formula is C18H34N2. The maximum absolute atomic E-state index is 3.82. The van der Waals surface area contributed by atoms with E-state index >= 15 is 0 Å². The van der Waals surface area contributed by atoms with Gasteiger partial charge in [0.05, 0.1) is 0 Å². The zero-order chi connectivity index (χ0) is 15.8. The van der Waals surface area contributed by atoms with Gasteiger partial charge in [0, 0.05) is 6.54 Å². The fourth-order valence-corrected chi connectivity index (χ4v) is 1.82. The van der Waals surface area contributed by atoms with Gasteiger partial charge in [0.25, 0.3) is 0 Å². The van der Waals surface area contributed by atoms with Gasteiger partial charge in [-0.2, -0.15) is 0 Å². The van der Waals surface area contributed by atoms with Crippen molar-refractivity contribution in [1.82, 2.24) is 10.2 Å². The Kier molecular flexibility index (Phi) is 16.9. The van der Waals surface area contributed by atoms with Crippen LogP contribution in [-0.4, -0.2) is 38.6 Å². The molecular weight excluding hydrogens is 244 g/mol. The molecule has 0 aromatic carbocycles. The summed E-state index contributed by atoms with van der Waals surface area (Å²) in [5.74, 6) is 0.904. The molecule has 0 aromatic heterocycles. The molecule has 0 aliphatic carbocycles. The van der Waals surface area contributed by atoms with Crippen molar-refractivity contribution in [1.29, 1.82) is 0 Å². The Labute approximate surface area is 127 Å². The molecule has 0 radical (unpaired) electrons. The first-order valence-corrected chi connectivity index (χ1v) is 7.41. The van der Waals surface area contributed by atoms with Gasteiger partial charge in [0.2, 0.25) is 0 Å². The maximum Gasteiger partial charge on any atom is 0.0233 e. The second-order valence-electron chi connectivity index (χ2n) is 5.05. The fraction of sp³-hybridized carbons (Fsp3) is 0.556. The van der Waals surface area contributed by atoms with E-state index in [-0.39, 0.29) is 0 Å². The van der Waals surface area contributed by atoms with Crippen molar-refractivity contribution in [2.45, 2.75) is 26.7 Å². The molecule has 1 heterocycles. The summed E-state index contributed by atoms with van der Waals surface area (Å²) >= 11 is 0. The molecule has 1 N–H and O–H groups in total. The number of nitrogens with one attached hydrogen (secondary N) is 1. The molecule has 1 aliphatic heterocycles. The van der Waals surface area contributed by atoms with Crippen LogP contribution < -0.4 is 5.32 Å². The number of likely N-dealkylation sites (tertiary alicyclic amines) is 1. The number of allylic oxidation sites excluding steroid dienone is 3. The Hall–Kier alpha value is -1.12. The third-order valence-corrected chi connectivity index (χ3v) is 2.88. The quantitative estimate of drug-likeness (QED) is 0.616. The molecule has 0 unspecified atom stereocenters. The zero-order valence-corrected chi connectivity index (χ0v) is 14.0. The van der Waals surface area contributed by atoms with Gasteiger partial charge in [-0.1, -0.05) is 44.4 Å². The second kappa shape index (κ2) is 15.9. The topological polar surface area (TPSA) is 15.3 Å². The summed E-state index contributed by atoms with van der Waals surface area (Å²) in [6, 6.07) is 0. The summed E-state index contributed by atoms with van der Waals surface area (Å²) in [7, 11) is 3.75. The van der Waals surface area contributed by atoms with E-state index in [9.17, 15) is 0 Å². The summed E-state index contributed by atoms with van der Waals surface area (Å²) in [5.41, 5.74) is 1.27. The first kappa shape index (κ1) is 21.2. The van der Waals surface area contributed by atoms with Crippen molar-refractivity contribution in [3.05, 3.63) is 49.6 Å². The predicted molar refractivity (Wildman–Crippen MR) is 94.2 cm³/mol. The molecule has 1 saturated heterocycles. The summed E-state index contributed by atoms with van der Waals surface area (Å²) in [5, 5.41) is 2.75. The third-order valence-electron chi connectivity index (χ3n) is 2.88. The second-order valence-corrected chi connectivity index (χ2v) is 5.05. The van der Waals surface area contributed by atoms with E-state index in [2.05, 4.69) is 36.9 Å². The molecule has 0 aromatic rings. The average molecular weight is 278 g/mol. The molecule has 0 spiro atoms. The van der Waals surface area contributed by atoms with Crippen molar-refractivity contribution in [3.63, 3.8) is 0 Å². The van der Waals surface area contributed by atoms with Crippen molar-refractivity contribution in [2.75, 3.05) is 33.7 Å². The van der Waals surface area contributed by atoms with Crippen LogP contribution in [0.25, 0.3) is 0 Å². The number of nitrogens with zero attached hydrogens (tertiary/aromatic N) is 1. The monoisotopic (exact) mass is 278 g/mol. The van der Waals surface area contributed by atoms with Gasteiger partial charge in [-0.3, -0.25) is 4.90 Å². The number of piperidine rings is 1. The van der Waals surface area contributed by atoms with Gasteiger partial charge in [-0.15, -0.1) is 6.58 Å². The molecule has 2 nitrogen and oxygen atoms in total. The highest BCUT2D eigenvalue weighted by atomic mass is 15.1. The van der Waals surface area contributed by atoms with Crippen LogP contribution in [-0.2, 0) is 0 Å². The normalized spacial score (nSPS) is 16.1. The van der Waals surface area contributed by atoms with E-state index < -0.39 is 0 Å². The largest absolute Gasteiger partial charge is 0.323 e. The lowest BCUT2D eigenvalue weighted by Gasteiger charge is -2.30. The van der Waals surface area contributed by atoms with Gasteiger partial charge in [0.1, 0.15) is 0 Å². The molecule has 2 heteroatoms. The summed E-state index contributed by atoms with van der Waals surface area (Å²) in [6.07, 6.45) is 10.2. The molecule has 116 valence electrons. The standard InChI is InChI=1S/C13H21N.C3H6.C2H7N/c1-4-6-13(5-2)11-14-9-7-12(3)8-10-14;2*1-3-2/h4-6,12H,1-2,7-11H2,3H3;3H,1H2,2H3;3H,1-2H3/b13-6+;;. The van der Waals surface area contributed by atoms with Crippen molar-refractivity contribution in [2.24, 2.45) is 5.92 Å². The average Bonchev–Trinajstić information content (AvgIpc) is 2.42. The van der Waals surface area contributed by atoms with Gasteiger partial charge in [0.15, 0.2) is 0 Å². The highest BCUT2D eigenvalue weighted by Gasteiger charge is 2.15. The van der Waals surface area contributed by atoms with Gasteiger partial charge < -0.3 is 5.32 Å². The minimum Gasteiger partial charge on any atom is -0.323 e. The fourth-order valence-electron chi connectivity index (χ4n) is 1.82. The van der Waals surface area contributed by atoms with Crippen LogP contribution in [0.5, 0.6) is 0 Å². The molecule has 0 amide bonds. The molecule has 1 rings (SSSR count). The number of hydrogen-bond acceptors (Lipinski definition) is 2. The van der Waals surface area contributed by atoms with Crippen LogP contribution in [0.1, 0.15) is 26.7 Å². The number of hydrogen-bond donors (Lipinski definition) is 1. The van der Waals surface area contributed by atoms with Crippen molar-refractivity contribution >= 4 is 0 Å². The third kappa shape index (κ3) is 13.3. The lowest BCUT2D eigenvalue weighted by atomic mass is 9.99. The van der Waals surface area contributed by atoms with E-state index in [1.54, 1.807) is 6.08 Å². The van der Waals surface area contributed by atoms with Crippen LogP contribution in [0.3, 0.4) is 0 Å². The Morgan fingerprint density at radius 2 is 1.65 bits per heavy atom. The maximum atomic E-state index is 3.82. The van der Waals surface area contributed by atoms with Crippen LogP contribution in [0.2, 0.25) is 0 Å². The molecule has 1 fully saturated rings. The molecule has 20 heavy (non-hydrogen) atoms. The first-order chi connectivity index (χ1) is 9.59. The van der Waals surface area contributed by atoms with Crippen LogP contribution in [0.15, 0.2) is 49.6 Å². The Balaban J connectivity index is 0. The first-order valence-electron chi connectivity index (χ1n) is 7.41. The Morgan fingerprint density at radius 1 is 1.20 bits per heavy atom. The van der Waals surface area contributed by atoms with E-state index in [1.165, 1.54) is 31.5 Å². The molecule has 0 bridgehead atoms. The smallest absolute Gasteiger partial charge is 0.0233 e.